The van der Waals surface area contributed by atoms with Gasteiger partial charge < -0.3 is 9.47 Å². The van der Waals surface area contributed by atoms with Crippen LogP contribution in [0.4, 0.5) is 0 Å². The zero-order valence-electron chi connectivity index (χ0n) is 13.5. The second-order valence-corrected chi connectivity index (χ2v) is 5.61. The first-order valence-corrected chi connectivity index (χ1v) is 7.46. The molecule has 0 saturated carbocycles. The normalized spacial score (nSPS) is 12.2. The van der Waals surface area contributed by atoms with Gasteiger partial charge in [-0.2, -0.15) is 0 Å². The molecule has 0 aromatic heterocycles. The van der Waals surface area contributed by atoms with Crippen LogP contribution in [0.1, 0.15) is 38.3 Å². The van der Waals surface area contributed by atoms with E-state index in [1.54, 1.807) is 6.92 Å². The van der Waals surface area contributed by atoms with Gasteiger partial charge in [0, 0.05) is 12.0 Å². The molecule has 116 valence electrons. The standard InChI is InChI=1S/C18H26O3/c1-6-20-18(19)15(5)11-17(13(2)3)21-12-16-9-7-14(4)8-10-16/h7-10,13,17H,5-6,11-12H2,1-4H3. The summed E-state index contributed by atoms with van der Waals surface area (Å²) >= 11 is 0. The summed E-state index contributed by atoms with van der Waals surface area (Å²) in [5.41, 5.74) is 2.84. The van der Waals surface area contributed by atoms with Crippen LogP contribution in [0.3, 0.4) is 0 Å². The third kappa shape index (κ3) is 6.13. The number of benzene rings is 1. The lowest BCUT2D eigenvalue weighted by atomic mass is 9.99. The predicted molar refractivity (Wildman–Crippen MR) is 85.0 cm³/mol. The fourth-order valence-corrected chi connectivity index (χ4v) is 1.93. The Hall–Kier alpha value is -1.61. The molecule has 0 amide bonds. The third-order valence-corrected chi connectivity index (χ3v) is 3.34. The van der Waals surface area contributed by atoms with Crippen LogP contribution in [0.2, 0.25) is 0 Å². The molecule has 0 fully saturated rings. The smallest absolute Gasteiger partial charge is 0.333 e. The highest BCUT2D eigenvalue weighted by Crippen LogP contribution is 2.18. The van der Waals surface area contributed by atoms with Crippen molar-refractivity contribution in [1.82, 2.24) is 0 Å². The average Bonchev–Trinajstić information content (AvgIpc) is 2.44. The minimum absolute atomic E-state index is 0.0387. The van der Waals surface area contributed by atoms with Crippen molar-refractivity contribution in [2.75, 3.05) is 6.61 Å². The summed E-state index contributed by atoms with van der Waals surface area (Å²) in [5, 5.41) is 0. The maximum absolute atomic E-state index is 11.6. The summed E-state index contributed by atoms with van der Waals surface area (Å²) in [6.07, 6.45) is 0.464. The number of hydrogen-bond donors (Lipinski definition) is 0. The number of carbonyl (C=O) groups excluding carboxylic acids is 1. The molecule has 0 N–H and O–H groups in total. The van der Waals surface area contributed by atoms with E-state index >= 15 is 0 Å². The third-order valence-electron chi connectivity index (χ3n) is 3.34. The molecule has 1 aromatic carbocycles. The van der Waals surface area contributed by atoms with Crippen molar-refractivity contribution < 1.29 is 14.3 Å². The largest absolute Gasteiger partial charge is 0.463 e. The summed E-state index contributed by atoms with van der Waals surface area (Å²) in [4.78, 5) is 11.6. The Morgan fingerprint density at radius 2 is 1.86 bits per heavy atom. The van der Waals surface area contributed by atoms with Gasteiger partial charge in [-0.15, -0.1) is 0 Å². The number of hydrogen-bond acceptors (Lipinski definition) is 3. The Balaban J connectivity index is 2.55. The van der Waals surface area contributed by atoms with Crippen LogP contribution in [0.5, 0.6) is 0 Å². The van der Waals surface area contributed by atoms with E-state index in [2.05, 4.69) is 51.6 Å². The lowest BCUT2D eigenvalue weighted by Crippen LogP contribution is -2.23. The van der Waals surface area contributed by atoms with Crippen molar-refractivity contribution in [3.05, 3.63) is 47.5 Å². The van der Waals surface area contributed by atoms with Crippen molar-refractivity contribution in [2.24, 2.45) is 5.92 Å². The van der Waals surface area contributed by atoms with Gasteiger partial charge in [-0.3, -0.25) is 0 Å². The Labute approximate surface area is 128 Å². The zero-order chi connectivity index (χ0) is 15.8. The number of rotatable bonds is 8. The summed E-state index contributed by atoms with van der Waals surface area (Å²) in [7, 11) is 0. The molecule has 21 heavy (non-hydrogen) atoms. The lowest BCUT2D eigenvalue weighted by Gasteiger charge is -2.22. The van der Waals surface area contributed by atoms with Gasteiger partial charge >= 0.3 is 5.97 Å². The Bertz CT molecular complexity index is 460. The number of aryl methyl sites for hydroxylation is 1. The van der Waals surface area contributed by atoms with Gasteiger partial charge in [-0.05, 0) is 25.3 Å². The maximum Gasteiger partial charge on any atom is 0.333 e. The van der Waals surface area contributed by atoms with Crippen molar-refractivity contribution in [3.63, 3.8) is 0 Å². The Kier molecular flexibility index (Phi) is 7.17. The van der Waals surface area contributed by atoms with Gasteiger partial charge in [-0.25, -0.2) is 4.79 Å². The van der Waals surface area contributed by atoms with Gasteiger partial charge in [0.2, 0.25) is 0 Å². The van der Waals surface area contributed by atoms with E-state index in [-0.39, 0.29) is 12.1 Å². The first-order chi connectivity index (χ1) is 9.93. The lowest BCUT2D eigenvalue weighted by molar-refractivity contribution is -0.139. The second kappa shape index (κ2) is 8.63. The fraction of sp³-hybridized carbons (Fsp3) is 0.500. The number of ether oxygens (including phenoxy) is 2. The molecule has 0 heterocycles. The van der Waals surface area contributed by atoms with Crippen molar-refractivity contribution in [3.8, 4) is 0 Å². The monoisotopic (exact) mass is 290 g/mol. The minimum Gasteiger partial charge on any atom is -0.463 e. The first-order valence-electron chi connectivity index (χ1n) is 7.46. The second-order valence-electron chi connectivity index (χ2n) is 5.61. The van der Waals surface area contributed by atoms with Crippen molar-refractivity contribution in [2.45, 2.75) is 46.8 Å². The highest BCUT2D eigenvalue weighted by atomic mass is 16.5. The van der Waals surface area contributed by atoms with Crippen LogP contribution in [0, 0.1) is 12.8 Å². The van der Waals surface area contributed by atoms with Gasteiger partial charge in [0.25, 0.3) is 0 Å². The molecule has 1 unspecified atom stereocenters. The molecule has 0 aliphatic heterocycles. The van der Waals surface area contributed by atoms with E-state index in [9.17, 15) is 4.79 Å². The molecular formula is C18H26O3. The van der Waals surface area contributed by atoms with E-state index in [4.69, 9.17) is 9.47 Å². The molecule has 3 nitrogen and oxygen atoms in total. The van der Waals surface area contributed by atoms with Crippen LogP contribution in [0.15, 0.2) is 36.4 Å². The molecule has 0 bridgehead atoms. The van der Waals surface area contributed by atoms with Gasteiger partial charge in [0.05, 0.1) is 19.3 Å². The average molecular weight is 290 g/mol. The van der Waals surface area contributed by atoms with E-state index in [0.29, 0.717) is 31.1 Å². The quantitative estimate of drug-likeness (QED) is 0.535. The van der Waals surface area contributed by atoms with Crippen LogP contribution in [-0.4, -0.2) is 18.7 Å². The molecule has 0 spiro atoms. The van der Waals surface area contributed by atoms with E-state index in [0.717, 1.165) is 5.56 Å². The Morgan fingerprint density at radius 1 is 1.24 bits per heavy atom. The van der Waals surface area contributed by atoms with Crippen molar-refractivity contribution in [1.29, 1.82) is 0 Å². The molecule has 1 aromatic rings. The SMILES string of the molecule is C=C(CC(OCc1ccc(C)cc1)C(C)C)C(=O)OCC. The van der Waals surface area contributed by atoms with Gasteiger partial charge in [0.1, 0.15) is 0 Å². The van der Waals surface area contributed by atoms with Crippen LogP contribution < -0.4 is 0 Å². The van der Waals surface area contributed by atoms with E-state index in [1.165, 1.54) is 5.56 Å². The number of esters is 1. The fourth-order valence-electron chi connectivity index (χ4n) is 1.93. The first kappa shape index (κ1) is 17.4. The maximum atomic E-state index is 11.6. The molecule has 1 rings (SSSR count). The van der Waals surface area contributed by atoms with Crippen LogP contribution >= 0.6 is 0 Å². The highest BCUT2D eigenvalue weighted by molar-refractivity contribution is 5.87. The summed E-state index contributed by atoms with van der Waals surface area (Å²) in [6.45, 7) is 12.7. The summed E-state index contributed by atoms with van der Waals surface area (Å²) in [6, 6.07) is 8.26. The summed E-state index contributed by atoms with van der Waals surface area (Å²) < 4.78 is 10.9. The van der Waals surface area contributed by atoms with E-state index in [1.807, 2.05) is 0 Å². The van der Waals surface area contributed by atoms with E-state index < -0.39 is 0 Å². The zero-order valence-corrected chi connectivity index (χ0v) is 13.5. The molecule has 0 saturated heterocycles. The molecule has 3 heteroatoms. The molecule has 1 atom stereocenters. The van der Waals surface area contributed by atoms with Gasteiger partial charge in [-0.1, -0.05) is 50.3 Å². The molecule has 0 aliphatic carbocycles. The molecule has 0 radical (unpaired) electrons. The summed E-state index contributed by atoms with van der Waals surface area (Å²) in [5.74, 6) is -0.0243. The molecular weight excluding hydrogens is 264 g/mol. The van der Waals surface area contributed by atoms with Crippen LogP contribution in [-0.2, 0) is 20.9 Å². The Morgan fingerprint density at radius 3 is 2.38 bits per heavy atom. The number of carbonyl (C=O) groups is 1. The highest BCUT2D eigenvalue weighted by Gasteiger charge is 2.19. The van der Waals surface area contributed by atoms with Crippen LogP contribution in [0.25, 0.3) is 0 Å². The van der Waals surface area contributed by atoms with Crippen molar-refractivity contribution >= 4 is 5.97 Å². The predicted octanol–water partition coefficient (Wildman–Crippen LogP) is 4.05. The molecule has 0 aliphatic rings. The minimum atomic E-state index is -0.331. The van der Waals surface area contributed by atoms with Gasteiger partial charge in [0.15, 0.2) is 0 Å². The topological polar surface area (TPSA) is 35.5 Å².